The van der Waals surface area contributed by atoms with E-state index in [0.717, 1.165) is 30.5 Å². The molecule has 2 fully saturated rings. The van der Waals surface area contributed by atoms with Crippen LogP contribution in [0.25, 0.3) is 11.0 Å². The van der Waals surface area contributed by atoms with Gasteiger partial charge in [0.15, 0.2) is 5.82 Å². The molecular formula is C30H37ClN9OP. The van der Waals surface area contributed by atoms with Crippen LogP contribution in [0.15, 0.2) is 48.9 Å². The second-order valence-corrected chi connectivity index (χ2v) is 15.7. The highest BCUT2D eigenvalue weighted by Crippen LogP contribution is 2.51. The van der Waals surface area contributed by atoms with E-state index < -0.39 is 7.14 Å². The summed E-state index contributed by atoms with van der Waals surface area (Å²) < 4.78 is 13.3. The average Bonchev–Trinajstić information content (AvgIpc) is 2.93. The first-order chi connectivity index (χ1) is 20.0. The molecule has 0 bridgehead atoms. The summed E-state index contributed by atoms with van der Waals surface area (Å²) in [5.74, 6) is 0.735. The van der Waals surface area contributed by atoms with Crippen molar-refractivity contribution in [3.05, 3.63) is 53.9 Å². The fraction of sp³-hybridized carbons (Fsp3) is 0.400. The number of hydrogen-bond acceptors (Lipinski definition) is 10. The molecule has 2 aliphatic rings. The maximum Gasteiger partial charge on any atom is 0.229 e. The van der Waals surface area contributed by atoms with Crippen molar-refractivity contribution in [1.29, 1.82) is 0 Å². The summed E-state index contributed by atoms with van der Waals surface area (Å²) in [4.78, 5) is 22.5. The molecule has 0 amide bonds. The van der Waals surface area contributed by atoms with Crippen LogP contribution < -0.4 is 26.6 Å². The first kappa shape index (κ1) is 28.6. The van der Waals surface area contributed by atoms with Crippen molar-refractivity contribution in [2.24, 2.45) is 5.41 Å². The highest BCUT2D eigenvalue weighted by atomic mass is 35.5. The molecule has 12 heteroatoms. The molecule has 1 spiro atoms. The SMILES string of the molecule is CN(C)C1CC2(CCN(c3ccc(Nc4ncc(Cl)c(Nc5ccc6nccnc6c5P(C)(C)=O)n4)cc3N)CC2)C1. The number of fused-ring (bicyclic) bond motifs is 1. The molecule has 2 aromatic carbocycles. The summed E-state index contributed by atoms with van der Waals surface area (Å²) in [5.41, 5.74) is 11.5. The van der Waals surface area contributed by atoms with E-state index in [1.807, 2.05) is 24.3 Å². The Morgan fingerprint density at radius 2 is 1.79 bits per heavy atom. The number of piperidine rings is 1. The molecule has 10 nitrogen and oxygen atoms in total. The number of hydrogen-bond donors (Lipinski definition) is 3. The van der Waals surface area contributed by atoms with Crippen molar-refractivity contribution in [2.45, 2.75) is 31.7 Å². The van der Waals surface area contributed by atoms with Crippen LogP contribution in [0.3, 0.4) is 0 Å². The maximum atomic E-state index is 13.3. The van der Waals surface area contributed by atoms with Crippen molar-refractivity contribution in [3.63, 3.8) is 0 Å². The third-order valence-electron chi connectivity index (χ3n) is 8.67. The van der Waals surface area contributed by atoms with Gasteiger partial charge in [0.2, 0.25) is 5.95 Å². The molecule has 3 heterocycles. The minimum absolute atomic E-state index is 0.328. The average molecular weight is 606 g/mol. The summed E-state index contributed by atoms with van der Waals surface area (Å²) in [6.07, 6.45) is 9.77. The number of aromatic nitrogens is 4. The molecule has 0 atom stereocenters. The first-order valence-electron chi connectivity index (χ1n) is 14.2. The molecule has 4 aromatic rings. The van der Waals surface area contributed by atoms with E-state index in [9.17, 15) is 4.57 Å². The van der Waals surface area contributed by atoms with Crippen LogP contribution in [0.5, 0.6) is 0 Å². The van der Waals surface area contributed by atoms with Crippen LogP contribution in [0.4, 0.5) is 34.5 Å². The monoisotopic (exact) mass is 605 g/mol. The minimum atomic E-state index is -2.74. The largest absolute Gasteiger partial charge is 0.397 e. The molecule has 42 heavy (non-hydrogen) atoms. The number of anilines is 6. The number of halogens is 1. The topological polar surface area (TPSA) is 125 Å². The second-order valence-electron chi connectivity index (χ2n) is 12.2. The summed E-state index contributed by atoms with van der Waals surface area (Å²) in [6, 6.07) is 10.4. The van der Waals surface area contributed by atoms with Gasteiger partial charge in [0.05, 0.1) is 34.1 Å². The third-order valence-corrected chi connectivity index (χ3v) is 10.5. The van der Waals surface area contributed by atoms with Gasteiger partial charge in [-0.15, -0.1) is 0 Å². The van der Waals surface area contributed by atoms with E-state index in [1.165, 1.54) is 31.9 Å². The lowest BCUT2D eigenvalue weighted by Gasteiger charge is -2.54. The third kappa shape index (κ3) is 5.63. The van der Waals surface area contributed by atoms with Gasteiger partial charge in [0.25, 0.3) is 0 Å². The van der Waals surface area contributed by atoms with Crippen LogP contribution in [-0.4, -0.2) is 71.4 Å². The molecule has 1 saturated carbocycles. The Morgan fingerprint density at radius 3 is 2.48 bits per heavy atom. The van der Waals surface area contributed by atoms with Crippen LogP contribution in [-0.2, 0) is 4.57 Å². The lowest BCUT2D eigenvalue weighted by molar-refractivity contribution is 0.00492. The van der Waals surface area contributed by atoms with E-state index in [2.05, 4.69) is 60.5 Å². The van der Waals surface area contributed by atoms with Crippen molar-refractivity contribution in [3.8, 4) is 0 Å². The van der Waals surface area contributed by atoms with Gasteiger partial charge < -0.3 is 30.7 Å². The normalized spacial score (nSPS) is 17.0. The van der Waals surface area contributed by atoms with Gasteiger partial charge in [0, 0.05) is 37.2 Å². The summed E-state index contributed by atoms with van der Waals surface area (Å²) in [7, 11) is 1.62. The van der Waals surface area contributed by atoms with Crippen LogP contribution in [0.1, 0.15) is 25.7 Å². The van der Waals surface area contributed by atoms with Crippen molar-refractivity contribution in [2.75, 3.05) is 61.8 Å². The molecule has 220 valence electrons. The Labute approximate surface area is 251 Å². The predicted octanol–water partition coefficient (Wildman–Crippen LogP) is 5.70. The highest BCUT2D eigenvalue weighted by Gasteiger charge is 2.46. The van der Waals surface area contributed by atoms with Gasteiger partial charge in [-0.25, -0.2) is 4.98 Å². The second kappa shape index (κ2) is 11.0. The Morgan fingerprint density at radius 1 is 1.05 bits per heavy atom. The Kier molecular flexibility index (Phi) is 7.50. The molecule has 2 aromatic heterocycles. The zero-order valence-corrected chi connectivity index (χ0v) is 26.1. The van der Waals surface area contributed by atoms with Gasteiger partial charge in [-0.2, -0.15) is 4.98 Å². The zero-order valence-electron chi connectivity index (χ0n) is 24.4. The number of nitrogens with zero attached hydrogens (tertiary/aromatic N) is 6. The van der Waals surface area contributed by atoms with Crippen LogP contribution in [0.2, 0.25) is 5.02 Å². The number of benzene rings is 2. The smallest absolute Gasteiger partial charge is 0.229 e. The zero-order chi connectivity index (χ0) is 29.6. The Balaban J connectivity index is 1.17. The summed E-state index contributed by atoms with van der Waals surface area (Å²) >= 11 is 6.48. The van der Waals surface area contributed by atoms with Gasteiger partial charge in [0.1, 0.15) is 17.7 Å². The molecule has 0 radical (unpaired) electrons. The molecule has 4 N–H and O–H groups in total. The fourth-order valence-corrected chi connectivity index (χ4v) is 7.83. The van der Waals surface area contributed by atoms with Crippen molar-refractivity contribution in [1.82, 2.24) is 24.8 Å². The lowest BCUT2D eigenvalue weighted by atomic mass is 9.60. The highest BCUT2D eigenvalue weighted by molar-refractivity contribution is 7.71. The summed E-state index contributed by atoms with van der Waals surface area (Å²) in [5, 5.41) is 7.43. The van der Waals surface area contributed by atoms with Crippen molar-refractivity contribution >= 4 is 69.6 Å². The van der Waals surface area contributed by atoms with Gasteiger partial charge in [-0.1, -0.05) is 11.6 Å². The van der Waals surface area contributed by atoms with Crippen LogP contribution in [0, 0.1) is 5.41 Å². The van der Waals surface area contributed by atoms with Crippen LogP contribution >= 0.6 is 18.7 Å². The predicted molar refractivity (Wildman–Crippen MR) is 174 cm³/mol. The number of nitrogens with two attached hydrogens (primary N) is 1. The molecule has 0 unspecified atom stereocenters. The standard InChI is InChI=1S/C30H37ClN9OP/c1-39(2)20-16-30(17-20)9-13-40(14-10-30)25-8-5-19(15-22(25)32)36-29-35-18-21(31)28(38-29)37-24-7-6-23-26(34-12-11-33-23)27(24)42(3,4)41/h5-8,11-12,15,18,20H,9-10,13-14,16-17,32H2,1-4H3,(H2,35,36,37,38). The Hall–Kier alpha value is -3.46. The quantitative estimate of drug-likeness (QED) is 0.178. The van der Waals surface area contributed by atoms with E-state index >= 15 is 0 Å². The fourth-order valence-electron chi connectivity index (χ4n) is 6.30. The van der Waals surface area contributed by atoms with Crippen molar-refractivity contribution < 1.29 is 4.57 Å². The molecule has 1 aliphatic heterocycles. The molecule has 1 aliphatic carbocycles. The number of nitrogens with one attached hydrogen (secondary N) is 2. The van der Waals surface area contributed by atoms with Gasteiger partial charge in [-0.05, 0) is 88.9 Å². The molecule has 1 saturated heterocycles. The maximum absolute atomic E-state index is 13.3. The number of rotatable bonds is 7. The molecule has 6 rings (SSSR count). The lowest BCUT2D eigenvalue weighted by Crippen LogP contribution is -2.53. The van der Waals surface area contributed by atoms with E-state index in [-0.39, 0.29) is 0 Å². The number of nitrogen functional groups attached to an aromatic ring is 1. The Bertz CT molecular complexity index is 1680. The van der Waals surface area contributed by atoms with E-state index in [0.29, 0.717) is 49.9 Å². The van der Waals surface area contributed by atoms with E-state index in [1.54, 1.807) is 25.7 Å². The van der Waals surface area contributed by atoms with E-state index in [4.69, 9.17) is 17.3 Å². The summed E-state index contributed by atoms with van der Waals surface area (Å²) in [6.45, 7) is 5.47. The van der Waals surface area contributed by atoms with Gasteiger partial charge >= 0.3 is 0 Å². The molecular weight excluding hydrogens is 569 g/mol. The van der Waals surface area contributed by atoms with Gasteiger partial charge in [-0.3, -0.25) is 9.97 Å². The first-order valence-corrected chi connectivity index (χ1v) is 17.2. The minimum Gasteiger partial charge on any atom is -0.397 e.